The minimum Gasteiger partial charge on any atom is -0.302 e. The quantitative estimate of drug-likeness (QED) is 0.587. The van der Waals surface area contributed by atoms with Gasteiger partial charge in [-0.2, -0.15) is 0 Å². The largest absolute Gasteiger partial charge is 0.302 e. The van der Waals surface area contributed by atoms with E-state index in [1.807, 2.05) is 18.2 Å². The third-order valence-electron chi connectivity index (χ3n) is 2.68. The van der Waals surface area contributed by atoms with E-state index in [4.69, 9.17) is 0 Å². The number of hydrogen-bond donors (Lipinski definition) is 0. The maximum absolute atomic E-state index is 4.26. The summed E-state index contributed by atoms with van der Waals surface area (Å²) < 4.78 is 3.22. The molecular formula is C14H16BrN3S. The van der Waals surface area contributed by atoms with Gasteiger partial charge in [-0.15, -0.1) is 16.8 Å². The van der Waals surface area contributed by atoms with E-state index in [2.05, 4.69) is 56.3 Å². The molecule has 0 saturated heterocycles. The standard InChI is InChI=1S/C14H16BrN3S/c1-3-8-18-13(4-2)16-17-14(18)19-10-11-6-5-7-12(15)9-11/h3,5-7,9H,1,4,8,10H2,2H3. The average molecular weight is 338 g/mol. The minimum absolute atomic E-state index is 0.761. The van der Waals surface area contributed by atoms with Crippen LogP contribution in [0.2, 0.25) is 0 Å². The van der Waals surface area contributed by atoms with E-state index in [0.29, 0.717) is 0 Å². The molecule has 5 heteroatoms. The highest BCUT2D eigenvalue weighted by atomic mass is 79.9. The van der Waals surface area contributed by atoms with Crippen LogP contribution in [0, 0.1) is 0 Å². The molecule has 0 bridgehead atoms. The number of rotatable bonds is 6. The van der Waals surface area contributed by atoms with Crippen molar-refractivity contribution in [2.75, 3.05) is 0 Å². The number of allylic oxidation sites excluding steroid dienone is 1. The molecule has 1 aromatic carbocycles. The van der Waals surface area contributed by atoms with Crippen molar-refractivity contribution in [3.05, 3.63) is 52.8 Å². The fourth-order valence-electron chi connectivity index (χ4n) is 1.77. The number of aryl methyl sites for hydroxylation is 1. The van der Waals surface area contributed by atoms with E-state index in [1.165, 1.54) is 5.56 Å². The number of halogens is 1. The Morgan fingerprint density at radius 2 is 2.26 bits per heavy atom. The highest BCUT2D eigenvalue weighted by Gasteiger charge is 2.10. The summed E-state index contributed by atoms with van der Waals surface area (Å²) in [4.78, 5) is 0. The third kappa shape index (κ3) is 3.70. The Kier molecular flexibility index (Phi) is 5.22. The first kappa shape index (κ1) is 14.3. The average Bonchev–Trinajstić information content (AvgIpc) is 2.79. The molecule has 2 aromatic rings. The fourth-order valence-corrected chi connectivity index (χ4v) is 3.13. The van der Waals surface area contributed by atoms with Gasteiger partial charge in [-0.05, 0) is 17.7 Å². The van der Waals surface area contributed by atoms with E-state index in [1.54, 1.807) is 11.8 Å². The SMILES string of the molecule is C=CCn1c(CC)nnc1SCc1cccc(Br)c1. The Balaban J connectivity index is 2.10. The summed E-state index contributed by atoms with van der Waals surface area (Å²) in [7, 11) is 0. The van der Waals surface area contributed by atoms with Gasteiger partial charge in [0.15, 0.2) is 5.16 Å². The van der Waals surface area contributed by atoms with Gasteiger partial charge in [0, 0.05) is 23.2 Å². The molecule has 1 aromatic heterocycles. The molecule has 0 saturated carbocycles. The summed E-state index contributed by atoms with van der Waals surface area (Å²) in [6.45, 7) is 6.64. The van der Waals surface area contributed by atoms with Crippen LogP contribution in [-0.2, 0) is 18.7 Å². The van der Waals surface area contributed by atoms with Gasteiger partial charge in [0.1, 0.15) is 5.82 Å². The normalized spacial score (nSPS) is 10.6. The van der Waals surface area contributed by atoms with Gasteiger partial charge in [-0.3, -0.25) is 0 Å². The van der Waals surface area contributed by atoms with Gasteiger partial charge in [-0.1, -0.05) is 52.8 Å². The molecule has 19 heavy (non-hydrogen) atoms. The molecule has 0 amide bonds. The third-order valence-corrected chi connectivity index (χ3v) is 4.21. The molecule has 0 atom stereocenters. The second kappa shape index (κ2) is 6.91. The molecule has 1 heterocycles. The number of benzene rings is 1. The monoisotopic (exact) mass is 337 g/mol. The summed E-state index contributed by atoms with van der Waals surface area (Å²) >= 11 is 5.19. The van der Waals surface area contributed by atoms with Crippen LogP contribution in [-0.4, -0.2) is 14.8 Å². The van der Waals surface area contributed by atoms with E-state index < -0.39 is 0 Å². The lowest BCUT2D eigenvalue weighted by molar-refractivity contribution is 0.685. The van der Waals surface area contributed by atoms with Crippen LogP contribution in [0.3, 0.4) is 0 Å². The molecule has 3 nitrogen and oxygen atoms in total. The van der Waals surface area contributed by atoms with Crippen LogP contribution in [0.4, 0.5) is 0 Å². The van der Waals surface area contributed by atoms with Crippen molar-refractivity contribution < 1.29 is 0 Å². The topological polar surface area (TPSA) is 30.7 Å². The van der Waals surface area contributed by atoms with Gasteiger partial charge >= 0.3 is 0 Å². The van der Waals surface area contributed by atoms with Gasteiger partial charge in [0.25, 0.3) is 0 Å². The van der Waals surface area contributed by atoms with Crippen molar-refractivity contribution in [1.82, 2.24) is 14.8 Å². The van der Waals surface area contributed by atoms with Gasteiger partial charge < -0.3 is 4.57 Å². The zero-order chi connectivity index (χ0) is 13.7. The molecule has 0 aliphatic carbocycles. The van der Waals surface area contributed by atoms with Crippen LogP contribution >= 0.6 is 27.7 Å². The van der Waals surface area contributed by atoms with Crippen LogP contribution in [0.1, 0.15) is 18.3 Å². The molecule has 2 rings (SSSR count). The lowest BCUT2D eigenvalue weighted by Crippen LogP contribution is -2.02. The predicted molar refractivity (Wildman–Crippen MR) is 83.3 cm³/mol. The van der Waals surface area contributed by atoms with Crippen molar-refractivity contribution >= 4 is 27.7 Å². The molecule has 100 valence electrons. The molecular weight excluding hydrogens is 322 g/mol. The zero-order valence-corrected chi connectivity index (χ0v) is 13.2. The number of aromatic nitrogens is 3. The van der Waals surface area contributed by atoms with Crippen molar-refractivity contribution in [2.45, 2.75) is 30.8 Å². The summed E-state index contributed by atoms with van der Waals surface area (Å²) in [5, 5.41) is 9.43. The number of nitrogens with zero attached hydrogens (tertiary/aromatic N) is 3. The van der Waals surface area contributed by atoms with Crippen LogP contribution in [0.25, 0.3) is 0 Å². The fraction of sp³-hybridized carbons (Fsp3) is 0.286. The molecule has 0 fully saturated rings. The van der Waals surface area contributed by atoms with Crippen LogP contribution in [0.15, 0.2) is 46.5 Å². The highest BCUT2D eigenvalue weighted by molar-refractivity contribution is 9.10. The minimum atomic E-state index is 0.761. The van der Waals surface area contributed by atoms with Crippen molar-refractivity contribution in [3.63, 3.8) is 0 Å². The summed E-state index contributed by atoms with van der Waals surface area (Å²) in [6.07, 6.45) is 2.77. The number of thioether (sulfide) groups is 1. The Morgan fingerprint density at radius 1 is 1.42 bits per heavy atom. The molecule has 0 spiro atoms. The Bertz CT molecular complexity index is 566. The van der Waals surface area contributed by atoms with Crippen LogP contribution < -0.4 is 0 Å². The molecule has 0 aliphatic heterocycles. The lowest BCUT2D eigenvalue weighted by atomic mass is 10.2. The first-order chi connectivity index (χ1) is 9.24. The summed E-state index contributed by atoms with van der Waals surface area (Å²) in [5.74, 6) is 1.90. The smallest absolute Gasteiger partial charge is 0.191 e. The molecule has 0 aliphatic rings. The molecule has 0 N–H and O–H groups in total. The van der Waals surface area contributed by atoms with Gasteiger partial charge in [-0.25, -0.2) is 0 Å². The first-order valence-corrected chi connectivity index (χ1v) is 7.92. The zero-order valence-electron chi connectivity index (χ0n) is 10.8. The van der Waals surface area contributed by atoms with E-state index in [9.17, 15) is 0 Å². The number of hydrogen-bond acceptors (Lipinski definition) is 3. The van der Waals surface area contributed by atoms with E-state index in [0.717, 1.165) is 34.2 Å². The molecule has 0 unspecified atom stereocenters. The van der Waals surface area contributed by atoms with E-state index >= 15 is 0 Å². The van der Waals surface area contributed by atoms with Crippen molar-refractivity contribution in [3.8, 4) is 0 Å². The maximum atomic E-state index is 4.26. The summed E-state index contributed by atoms with van der Waals surface area (Å²) in [5.41, 5.74) is 1.27. The van der Waals surface area contributed by atoms with Gasteiger partial charge in [0.2, 0.25) is 0 Å². The second-order valence-electron chi connectivity index (χ2n) is 4.07. The lowest BCUT2D eigenvalue weighted by Gasteiger charge is -2.06. The molecule has 0 radical (unpaired) electrons. The highest BCUT2D eigenvalue weighted by Crippen LogP contribution is 2.23. The van der Waals surface area contributed by atoms with Crippen molar-refractivity contribution in [1.29, 1.82) is 0 Å². The predicted octanol–water partition coefficient (Wildman–Crippen LogP) is 4.08. The maximum Gasteiger partial charge on any atom is 0.191 e. The Morgan fingerprint density at radius 3 is 2.95 bits per heavy atom. The summed E-state index contributed by atoms with van der Waals surface area (Å²) in [6, 6.07) is 8.32. The van der Waals surface area contributed by atoms with Gasteiger partial charge in [0.05, 0.1) is 0 Å². The second-order valence-corrected chi connectivity index (χ2v) is 5.93. The van der Waals surface area contributed by atoms with Crippen LogP contribution in [0.5, 0.6) is 0 Å². The Labute approximate surface area is 126 Å². The Hall–Kier alpha value is -1.07. The van der Waals surface area contributed by atoms with E-state index in [-0.39, 0.29) is 0 Å². The first-order valence-electron chi connectivity index (χ1n) is 6.14. The van der Waals surface area contributed by atoms with Crippen molar-refractivity contribution in [2.24, 2.45) is 0 Å².